The van der Waals surface area contributed by atoms with E-state index in [-0.39, 0.29) is 10.7 Å². The highest BCUT2D eigenvalue weighted by molar-refractivity contribution is 7.92. The van der Waals surface area contributed by atoms with Gasteiger partial charge in [-0.2, -0.15) is 0 Å². The van der Waals surface area contributed by atoms with Gasteiger partial charge in [-0.1, -0.05) is 11.6 Å². The molecule has 7 nitrogen and oxygen atoms in total. The molecular weight excluding hydrogens is 384 g/mol. The lowest BCUT2D eigenvalue weighted by Gasteiger charge is -2.12. The van der Waals surface area contributed by atoms with E-state index in [4.69, 9.17) is 29.6 Å². The van der Waals surface area contributed by atoms with E-state index in [0.29, 0.717) is 22.1 Å². The van der Waals surface area contributed by atoms with Crippen molar-refractivity contribution >= 4 is 61.9 Å². The third-order valence-corrected chi connectivity index (χ3v) is 4.06. The maximum absolute atomic E-state index is 11.2. The number of carbonyl (C=O) groups excluding carboxylic acids is 1. The van der Waals surface area contributed by atoms with Crippen molar-refractivity contribution in [2.24, 2.45) is 5.73 Å². The Hall–Kier alpha value is -2.36. The topological polar surface area (TPSA) is 113 Å². The highest BCUT2D eigenvalue weighted by Gasteiger charge is 2.08. The number of benzene rings is 2. The van der Waals surface area contributed by atoms with Gasteiger partial charge in [-0.15, -0.1) is 0 Å². The summed E-state index contributed by atoms with van der Waals surface area (Å²) in [7, 11) is -3.41. The van der Waals surface area contributed by atoms with Crippen LogP contribution >= 0.6 is 23.8 Å². The fourth-order valence-electron chi connectivity index (χ4n) is 1.89. The summed E-state index contributed by atoms with van der Waals surface area (Å²) in [5.41, 5.74) is 7.10. The molecule has 0 aliphatic rings. The fraction of sp³-hybridized carbons (Fsp3) is 0.0667. The van der Waals surface area contributed by atoms with E-state index in [1.165, 1.54) is 6.07 Å². The van der Waals surface area contributed by atoms with Crippen molar-refractivity contribution in [1.82, 2.24) is 0 Å². The summed E-state index contributed by atoms with van der Waals surface area (Å²) >= 11 is 11.2. The normalized spacial score (nSPS) is 10.8. The largest absolute Gasteiger partial charge is 0.366 e. The molecule has 132 valence electrons. The van der Waals surface area contributed by atoms with Crippen molar-refractivity contribution in [3.05, 3.63) is 53.1 Å². The summed E-state index contributed by atoms with van der Waals surface area (Å²) in [6.45, 7) is 0. The zero-order valence-electron chi connectivity index (χ0n) is 13.0. The maximum atomic E-state index is 11.2. The second-order valence-corrected chi connectivity index (χ2v) is 7.65. The van der Waals surface area contributed by atoms with Gasteiger partial charge in [0.1, 0.15) is 0 Å². The molecule has 5 N–H and O–H groups in total. The Bertz CT molecular complexity index is 915. The van der Waals surface area contributed by atoms with Gasteiger partial charge in [0.2, 0.25) is 15.9 Å². The highest BCUT2D eigenvalue weighted by atomic mass is 35.5. The number of nitrogens with two attached hydrogens (primary N) is 1. The molecule has 0 unspecified atom stereocenters. The monoisotopic (exact) mass is 398 g/mol. The van der Waals surface area contributed by atoms with Crippen LogP contribution in [0.25, 0.3) is 0 Å². The number of primary amides is 1. The van der Waals surface area contributed by atoms with E-state index in [0.717, 1.165) is 6.26 Å². The van der Waals surface area contributed by atoms with Crippen LogP contribution in [0.2, 0.25) is 5.02 Å². The van der Waals surface area contributed by atoms with Crippen molar-refractivity contribution in [2.45, 2.75) is 0 Å². The van der Waals surface area contributed by atoms with Gasteiger partial charge in [0.15, 0.2) is 5.11 Å². The maximum Gasteiger partial charge on any atom is 0.248 e. The minimum atomic E-state index is -3.41. The van der Waals surface area contributed by atoms with E-state index in [1.54, 1.807) is 36.4 Å². The van der Waals surface area contributed by atoms with E-state index in [9.17, 15) is 13.2 Å². The van der Waals surface area contributed by atoms with Gasteiger partial charge in [0, 0.05) is 16.9 Å². The molecule has 0 bridgehead atoms. The van der Waals surface area contributed by atoms with Crippen molar-refractivity contribution in [3.8, 4) is 0 Å². The van der Waals surface area contributed by atoms with Crippen LogP contribution in [0.5, 0.6) is 0 Å². The average molecular weight is 399 g/mol. The first-order valence-electron chi connectivity index (χ1n) is 6.89. The zero-order chi connectivity index (χ0) is 18.6. The molecule has 2 rings (SSSR count). The van der Waals surface area contributed by atoms with E-state index in [2.05, 4.69) is 15.4 Å². The molecule has 0 aromatic heterocycles. The molecule has 0 fully saturated rings. The summed E-state index contributed by atoms with van der Waals surface area (Å²) < 4.78 is 24.8. The Morgan fingerprint density at radius 3 is 2.16 bits per heavy atom. The minimum Gasteiger partial charge on any atom is -0.366 e. The van der Waals surface area contributed by atoms with Crippen LogP contribution in [0.3, 0.4) is 0 Å². The molecule has 0 atom stereocenters. The molecule has 0 heterocycles. The zero-order valence-corrected chi connectivity index (χ0v) is 15.4. The number of nitrogens with one attached hydrogen (secondary N) is 3. The number of sulfonamides is 1. The van der Waals surface area contributed by atoms with E-state index in [1.807, 2.05) is 0 Å². The summed E-state index contributed by atoms with van der Waals surface area (Å²) in [5, 5.41) is 6.39. The third kappa shape index (κ3) is 5.89. The summed E-state index contributed by atoms with van der Waals surface area (Å²) in [6.07, 6.45) is 1.04. The van der Waals surface area contributed by atoms with Gasteiger partial charge in [-0.3, -0.25) is 9.52 Å². The highest BCUT2D eigenvalue weighted by Crippen LogP contribution is 2.26. The van der Waals surface area contributed by atoms with Gasteiger partial charge in [0.05, 0.1) is 17.0 Å². The molecule has 0 saturated heterocycles. The first-order valence-corrected chi connectivity index (χ1v) is 9.57. The Kier molecular flexibility index (Phi) is 5.83. The van der Waals surface area contributed by atoms with Gasteiger partial charge in [-0.25, -0.2) is 8.42 Å². The second-order valence-electron chi connectivity index (χ2n) is 5.09. The minimum absolute atomic E-state index is 0.226. The number of anilines is 3. The van der Waals surface area contributed by atoms with Crippen LogP contribution in [0.15, 0.2) is 42.5 Å². The van der Waals surface area contributed by atoms with Crippen molar-refractivity contribution < 1.29 is 13.2 Å². The van der Waals surface area contributed by atoms with Crippen molar-refractivity contribution in [2.75, 3.05) is 21.6 Å². The van der Waals surface area contributed by atoms with Crippen LogP contribution in [0.4, 0.5) is 17.1 Å². The van der Waals surface area contributed by atoms with Crippen LogP contribution in [-0.4, -0.2) is 25.7 Å². The number of hydrogen-bond donors (Lipinski definition) is 4. The average Bonchev–Trinajstić information content (AvgIpc) is 2.49. The predicted octanol–water partition coefficient (Wildman–Crippen LogP) is 2.62. The number of carbonyl (C=O) groups is 1. The third-order valence-electron chi connectivity index (χ3n) is 2.95. The van der Waals surface area contributed by atoms with Crippen LogP contribution in [-0.2, 0) is 10.0 Å². The lowest BCUT2D eigenvalue weighted by molar-refractivity contribution is 0.100. The smallest absolute Gasteiger partial charge is 0.248 e. The van der Waals surface area contributed by atoms with Gasteiger partial charge >= 0.3 is 0 Å². The van der Waals surface area contributed by atoms with Crippen molar-refractivity contribution in [1.29, 1.82) is 0 Å². The molecule has 25 heavy (non-hydrogen) atoms. The Balaban J connectivity index is 2.03. The molecule has 0 spiro atoms. The van der Waals surface area contributed by atoms with Gasteiger partial charge < -0.3 is 16.4 Å². The number of halogens is 1. The summed E-state index contributed by atoms with van der Waals surface area (Å²) in [4.78, 5) is 11.0. The molecule has 0 radical (unpaired) electrons. The van der Waals surface area contributed by atoms with Gasteiger partial charge in [-0.05, 0) is 54.7 Å². The number of hydrogen-bond acceptors (Lipinski definition) is 4. The number of thiocarbonyl (C=S) groups is 1. The summed E-state index contributed by atoms with van der Waals surface area (Å²) in [5.74, 6) is -0.510. The number of rotatable bonds is 5. The lowest BCUT2D eigenvalue weighted by atomic mass is 10.2. The molecular formula is C15H15ClN4O3S2. The molecule has 2 aromatic rings. The van der Waals surface area contributed by atoms with E-state index >= 15 is 0 Å². The molecule has 0 saturated carbocycles. The van der Waals surface area contributed by atoms with E-state index < -0.39 is 15.9 Å². The first-order chi connectivity index (χ1) is 11.6. The number of amides is 1. The first kappa shape index (κ1) is 19.0. The standard InChI is InChI=1S/C15H15ClN4O3S2/c1-25(22,23)20-13-7-6-11(8-12(13)16)19-15(24)18-10-4-2-9(3-5-10)14(17)21/h2-8,20H,1H3,(H2,17,21)(H2,18,19,24). The molecule has 2 aromatic carbocycles. The van der Waals surface area contributed by atoms with Crippen LogP contribution in [0.1, 0.15) is 10.4 Å². The fourth-order valence-corrected chi connectivity index (χ4v) is 2.98. The molecule has 10 heteroatoms. The van der Waals surface area contributed by atoms with Crippen LogP contribution in [0, 0.1) is 0 Å². The Morgan fingerprint density at radius 1 is 1.08 bits per heavy atom. The predicted molar refractivity (Wildman–Crippen MR) is 105 cm³/mol. The quantitative estimate of drug-likeness (QED) is 0.576. The molecule has 1 amide bonds. The lowest BCUT2D eigenvalue weighted by Crippen LogP contribution is -2.19. The SMILES string of the molecule is CS(=O)(=O)Nc1ccc(NC(=S)Nc2ccc(C(N)=O)cc2)cc1Cl. The molecule has 0 aliphatic carbocycles. The second kappa shape index (κ2) is 7.68. The Morgan fingerprint density at radius 2 is 1.64 bits per heavy atom. The summed E-state index contributed by atoms with van der Waals surface area (Å²) in [6, 6.07) is 11.2. The van der Waals surface area contributed by atoms with Gasteiger partial charge in [0.25, 0.3) is 0 Å². The molecule has 0 aliphatic heterocycles. The van der Waals surface area contributed by atoms with Crippen molar-refractivity contribution in [3.63, 3.8) is 0 Å². The van der Waals surface area contributed by atoms with Crippen LogP contribution < -0.4 is 21.1 Å². The Labute approximate surface area is 155 Å².